The van der Waals surface area contributed by atoms with Crippen molar-refractivity contribution in [2.45, 2.75) is 13.0 Å². The minimum absolute atomic E-state index is 0.185. The fraction of sp³-hybridized carbons (Fsp3) is 0.130. The minimum Gasteiger partial charge on any atom is -0.355 e. The number of hydrogen-bond acceptors (Lipinski definition) is 3. The molecule has 29 heavy (non-hydrogen) atoms. The number of rotatable bonds is 6. The van der Waals surface area contributed by atoms with Crippen molar-refractivity contribution in [3.8, 4) is 0 Å². The quantitative estimate of drug-likeness (QED) is 0.496. The van der Waals surface area contributed by atoms with E-state index in [0.29, 0.717) is 23.5 Å². The number of fused-ring (bicyclic) bond motifs is 1. The highest BCUT2D eigenvalue weighted by molar-refractivity contribution is 7.17. The van der Waals surface area contributed by atoms with Crippen LogP contribution in [-0.4, -0.2) is 23.4 Å². The molecule has 2 N–H and O–H groups in total. The largest absolute Gasteiger partial charge is 0.355 e. The molecule has 0 saturated carbocycles. The maximum absolute atomic E-state index is 13.0. The molecule has 0 spiro atoms. The molecule has 4 rings (SSSR count). The van der Waals surface area contributed by atoms with Gasteiger partial charge in [-0.2, -0.15) is 0 Å². The average Bonchev–Trinajstić information content (AvgIpc) is 3.34. The van der Waals surface area contributed by atoms with Gasteiger partial charge in [0.25, 0.3) is 11.8 Å². The second kappa shape index (κ2) is 8.32. The highest BCUT2D eigenvalue weighted by Crippen LogP contribution is 2.26. The first kappa shape index (κ1) is 19.0. The van der Waals surface area contributed by atoms with Crippen LogP contribution in [0.1, 0.15) is 26.4 Å². The van der Waals surface area contributed by atoms with E-state index in [-0.39, 0.29) is 11.8 Å². The molecule has 2 heterocycles. The summed E-state index contributed by atoms with van der Waals surface area (Å²) in [4.78, 5) is 24.9. The molecule has 0 saturated heterocycles. The topological polar surface area (TPSA) is 63.1 Å². The molecule has 0 aliphatic carbocycles. The molecule has 2 aromatic heterocycles. The van der Waals surface area contributed by atoms with Crippen molar-refractivity contribution in [1.29, 1.82) is 0 Å². The van der Waals surface area contributed by atoms with Gasteiger partial charge in [0.1, 0.15) is 5.69 Å². The number of thiophene rings is 1. The number of carbonyl (C=O) groups excluding carboxylic acids is 2. The lowest BCUT2D eigenvalue weighted by Crippen LogP contribution is -2.20. The Morgan fingerprint density at radius 3 is 2.59 bits per heavy atom. The first-order valence-electron chi connectivity index (χ1n) is 9.40. The molecular formula is C23H21N3O2S. The number of aryl methyl sites for hydroxylation is 2. The van der Waals surface area contributed by atoms with E-state index in [1.165, 1.54) is 5.56 Å². The second-order valence-corrected chi connectivity index (χ2v) is 7.65. The Hall–Kier alpha value is -3.38. The first-order chi connectivity index (χ1) is 14.2. The Kier molecular flexibility index (Phi) is 5.44. The van der Waals surface area contributed by atoms with E-state index in [2.05, 4.69) is 27.3 Å². The third kappa shape index (κ3) is 4.07. The fourth-order valence-corrected chi connectivity index (χ4v) is 4.19. The lowest BCUT2D eigenvalue weighted by Gasteiger charge is -2.11. The summed E-state index contributed by atoms with van der Waals surface area (Å²) in [6, 6.07) is 21.2. The smallest absolute Gasteiger partial charge is 0.272 e. The predicted octanol–water partition coefficient (Wildman–Crippen LogP) is 4.56. The SMILES string of the molecule is CNC(=O)c1cccc(NC(=O)c2cc3sccc3n2CCc2ccccc2)c1. The standard InChI is InChI=1S/C23H21N3O2S/c1-24-22(27)17-8-5-9-18(14-17)25-23(28)20-15-21-19(11-13-29-21)26(20)12-10-16-6-3-2-4-7-16/h2-9,11,13-15H,10,12H2,1H3,(H,24,27)(H,25,28). The molecule has 0 bridgehead atoms. The second-order valence-electron chi connectivity index (χ2n) is 6.70. The molecule has 0 fully saturated rings. The van der Waals surface area contributed by atoms with Gasteiger partial charge in [-0.3, -0.25) is 9.59 Å². The minimum atomic E-state index is -0.187. The lowest BCUT2D eigenvalue weighted by atomic mass is 10.1. The number of aromatic nitrogens is 1. The van der Waals surface area contributed by atoms with Gasteiger partial charge in [-0.25, -0.2) is 0 Å². The monoisotopic (exact) mass is 403 g/mol. The van der Waals surface area contributed by atoms with Crippen molar-refractivity contribution < 1.29 is 9.59 Å². The number of amides is 2. The summed E-state index contributed by atoms with van der Waals surface area (Å²) in [6.45, 7) is 0.714. The van der Waals surface area contributed by atoms with Crippen LogP contribution in [0.5, 0.6) is 0 Å². The van der Waals surface area contributed by atoms with Crippen molar-refractivity contribution in [1.82, 2.24) is 9.88 Å². The lowest BCUT2D eigenvalue weighted by molar-refractivity contribution is 0.0961. The summed E-state index contributed by atoms with van der Waals surface area (Å²) in [5.41, 5.74) is 4.01. The van der Waals surface area contributed by atoms with Gasteiger partial charge in [0, 0.05) is 24.8 Å². The molecular weight excluding hydrogens is 382 g/mol. The summed E-state index contributed by atoms with van der Waals surface area (Å²) in [5.74, 6) is -0.372. The molecule has 0 atom stereocenters. The summed E-state index contributed by atoms with van der Waals surface area (Å²) in [5, 5.41) is 7.57. The van der Waals surface area contributed by atoms with Gasteiger partial charge in [-0.05, 0) is 47.7 Å². The molecule has 4 aromatic rings. The zero-order valence-electron chi connectivity index (χ0n) is 16.0. The molecule has 0 radical (unpaired) electrons. The predicted molar refractivity (Wildman–Crippen MR) is 118 cm³/mol. The van der Waals surface area contributed by atoms with E-state index in [1.807, 2.05) is 35.7 Å². The van der Waals surface area contributed by atoms with Crippen molar-refractivity contribution in [3.05, 3.63) is 88.9 Å². The first-order valence-corrected chi connectivity index (χ1v) is 10.3. The van der Waals surface area contributed by atoms with Gasteiger partial charge in [-0.1, -0.05) is 36.4 Å². The van der Waals surface area contributed by atoms with Crippen LogP contribution in [-0.2, 0) is 13.0 Å². The van der Waals surface area contributed by atoms with Gasteiger partial charge in [0.15, 0.2) is 0 Å². The number of hydrogen-bond donors (Lipinski definition) is 2. The van der Waals surface area contributed by atoms with Crippen LogP contribution in [0.2, 0.25) is 0 Å². The Bertz CT molecular complexity index is 1160. The van der Waals surface area contributed by atoms with Gasteiger partial charge in [0.2, 0.25) is 0 Å². The van der Waals surface area contributed by atoms with E-state index in [1.54, 1.807) is 42.6 Å². The molecule has 6 heteroatoms. The van der Waals surface area contributed by atoms with Crippen LogP contribution >= 0.6 is 11.3 Å². The zero-order valence-corrected chi connectivity index (χ0v) is 16.8. The molecule has 0 aliphatic rings. The van der Waals surface area contributed by atoms with E-state index in [4.69, 9.17) is 0 Å². The van der Waals surface area contributed by atoms with Gasteiger partial charge in [-0.15, -0.1) is 11.3 Å². The Morgan fingerprint density at radius 2 is 1.79 bits per heavy atom. The van der Waals surface area contributed by atoms with E-state index in [9.17, 15) is 9.59 Å². The number of nitrogens with one attached hydrogen (secondary N) is 2. The molecule has 2 aromatic carbocycles. The van der Waals surface area contributed by atoms with Crippen LogP contribution in [0.15, 0.2) is 72.1 Å². The Balaban J connectivity index is 1.59. The molecule has 2 amide bonds. The third-order valence-electron chi connectivity index (χ3n) is 4.83. The number of nitrogens with zero attached hydrogens (tertiary/aromatic N) is 1. The Labute approximate surface area is 173 Å². The highest BCUT2D eigenvalue weighted by atomic mass is 32.1. The number of anilines is 1. The van der Waals surface area contributed by atoms with Crippen LogP contribution < -0.4 is 10.6 Å². The number of benzene rings is 2. The van der Waals surface area contributed by atoms with Gasteiger partial charge in [0.05, 0.1) is 10.2 Å². The maximum Gasteiger partial charge on any atom is 0.272 e. The van der Waals surface area contributed by atoms with Crippen LogP contribution in [0.4, 0.5) is 5.69 Å². The van der Waals surface area contributed by atoms with Crippen LogP contribution in [0.25, 0.3) is 10.2 Å². The number of carbonyl (C=O) groups is 2. The van der Waals surface area contributed by atoms with Gasteiger partial charge < -0.3 is 15.2 Å². The Morgan fingerprint density at radius 1 is 0.966 bits per heavy atom. The van der Waals surface area contributed by atoms with Crippen molar-refractivity contribution in [2.75, 3.05) is 12.4 Å². The third-order valence-corrected chi connectivity index (χ3v) is 5.69. The van der Waals surface area contributed by atoms with Crippen molar-refractivity contribution >= 4 is 39.1 Å². The van der Waals surface area contributed by atoms with E-state index >= 15 is 0 Å². The summed E-state index contributed by atoms with van der Waals surface area (Å²) >= 11 is 1.62. The molecule has 5 nitrogen and oxygen atoms in total. The molecule has 0 aliphatic heterocycles. The molecule has 0 unspecified atom stereocenters. The van der Waals surface area contributed by atoms with Crippen LogP contribution in [0, 0.1) is 0 Å². The zero-order chi connectivity index (χ0) is 20.2. The van der Waals surface area contributed by atoms with E-state index < -0.39 is 0 Å². The summed E-state index contributed by atoms with van der Waals surface area (Å²) in [6.07, 6.45) is 0.840. The summed E-state index contributed by atoms with van der Waals surface area (Å²) < 4.78 is 3.15. The summed E-state index contributed by atoms with van der Waals surface area (Å²) in [7, 11) is 1.58. The highest BCUT2D eigenvalue weighted by Gasteiger charge is 2.17. The fourth-order valence-electron chi connectivity index (χ4n) is 3.37. The maximum atomic E-state index is 13.0. The van der Waals surface area contributed by atoms with Crippen molar-refractivity contribution in [3.63, 3.8) is 0 Å². The van der Waals surface area contributed by atoms with Gasteiger partial charge >= 0.3 is 0 Å². The van der Waals surface area contributed by atoms with Crippen LogP contribution in [0.3, 0.4) is 0 Å². The van der Waals surface area contributed by atoms with Crippen molar-refractivity contribution in [2.24, 2.45) is 0 Å². The molecule has 146 valence electrons. The normalized spacial score (nSPS) is 10.8. The van der Waals surface area contributed by atoms with E-state index in [0.717, 1.165) is 16.6 Å². The average molecular weight is 404 g/mol.